The van der Waals surface area contributed by atoms with Crippen molar-refractivity contribution in [2.24, 2.45) is 0 Å². The molecule has 1 nitrogen and oxygen atoms in total. The van der Waals surface area contributed by atoms with E-state index in [-0.39, 0.29) is 0 Å². The third-order valence-corrected chi connectivity index (χ3v) is 13.6. The van der Waals surface area contributed by atoms with Crippen LogP contribution in [-0.4, -0.2) is 0 Å². The molecule has 12 rings (SSSR count). The molecule has 0 heterocycles. The van der Waals surface area contributed by atoms with Gasteiger partial charge in [0.1, 0.15) is 0 Å². The first-order valence-electron chi connectivity index (χ1n) is 22.8. The molecule has 0 aromatic heterocycles. The van der Waals surface area contributed by atoms with Gasteiger partial charge in [0.25, 0.3) is 0 Å². The lowest BCUT2D eigenvalue weighted by Crippen LogP contribution is -2.32. The molecule has 11 aromatic rings. The van der Waals surface area contributed by atoms with Crippen LogP contribution in [0.15, 0.2) is 273 Å². The van der Waals surface area contributed by atoms with Gasteiger partial charge in [-0.15, -0.1) is 0 Å². The summed E-state index contributed by atoms with van der Waals surface area (Å²) < 4.78 is 0. The predicted molar refractivity (Wildman–Crippen MR) is 278 cm³/mol. The summed E-state index contributed by atoms with van der Waals surface area (Å²) in [5.74, 6) is 0. The van der Waals surface area contributed by atoms with Crippen molar-refractivity contribution < 1.29 is 0 Å². The van der Waals surface area contributed by atoms with E-state index in [1.807, 2.05) is 0 Å². The van der Waals surface area contributed by atoms with Crippen LogP contribution in [0.4, 0.5) is 17.1 Å². The highest BCUT2D eigenvalue weighted by Crippen LogP contribution is 2.55. The minimum atomic E-state index is -0.661. The van der Waals surface area contributed by atoms with Crippen molar-refractivity contribution in [1.29, 1.82) is 0 Å². The molecule has 0 unspecified atom stereocenters. The van der Waals surface area contributed by atoms with Crippen LogP contribution in [0, 0.1) is 0 Å². The van der Waals surface area contributed by atoms with Gasteiger partial charge < -0.3 is 4.90 Å². The smallest absolute Gasteiger partial charge is 0.0713 e. The minimum absolute atomic E-state index is 0.661. The lowest BCUT2D eigenvalue weighted by molar-refractivity contribution is 0.749. The van der Waals surface area contributed by atoms with Gasteiger partial charge >= 0.3 is 0 Å². The van der Waals surface area contributed by atoms with Gasteiger partial charge in [-0.25, -0.2) is 0 Å². The van der Waals surface area contributed by atoms with Crippen LogP contribution in [0.25, 0.3) is 66.4 Å². The fraction of sp³-hybridized carbons (Fsp3) is 0.0154. The predicted octanol–water partition coefficient (Wildman–Crippen LogP) is 17.3. The average Bonchev–Trinajstić information content (AvgIpc) is 3.44. The highest BCUT2D eigenvalue weighted by Gasteiger charge is 2.42. The van der Waals surface area contributed by atoms with Gasteiger partial charge in [0.2, 0.25) is 0 Å². The van der Waals surface area contributed by atoms with Crippen molar-refractivity contribution in [2.75, 3.05) is 4.90 Å². The zero-order chi connectivity index (χ0) is 43.9. The van der Waals surface area contributed by atoms with Gasteiger partial charge in [-0.3, -0.25) is 0 Å². The van der Waals surface area contributed by atoms with Gasteiger partial charge in [-0.2, -0.15) is 0 Å². The van der Waals surface area contributed by atoms with E-state index in [0.29, 0.717) is 0 Å². The molecule has 1 aliphatic rings. The summed E-state index contributed by atoms with van der Waals surface area (Å²) in [6, 6.07) is 101. The lowest BCUT2D eigenvalue weighted by Gasteiger charge is -2.39. The Bertz CT molecular complexity index is 3460. The van der Waals surface area contributed by atoms with Crippen LogP contribution < -0.4 is 4.90 Å². The third-order valence-electron chi connectivity index (χ3n) is 13.6. The second kappa shape index (κ2) is 16.6. The first-order valence-corrected chi connectivity index (χ1v) is 22.8. The Morgan fingerprint density at radius 1 is 0.227 bits per heavy atom. The maximum Gasteiger partial charge on any atom is 0.0713 e. The molecule has 11 aromatic carbocycles. The average molecular weight is 840 g/mol. The monoisotopic (exact) mass is 839 g/mol. The molecule has 0 amide bonds. The van der Waals surface area contributed by atoms with E-state index in [2.05, 4.69) is 278 Å². The lowest BCUT2D eigenvalue weighted by atomic mass is 9.62. The Balaban J connectivity index is 1.11. The molecule has 0 spiro atoms. The Labute approximate surface area is 387 Å². The van der Waals surface area contributed by atoms with Crippen LogP contribution in [0.5, 0.6) is 0 Å². The molecule has 0 N–H and O–H groups in total. The zero-order valence-corrected chi connectivity index (χ0v) is 36.4. The van der Waals surface area contributed by atoms with Crippen molar-refractivity contribution in [3.05, 3.63) is 295 Å². The van der Waals surface area contributed by atoms with Crippen molar-refractivity contribution in [3.8, 4) is 55.6 Å². The highest BCUT2D eigenvalue weighted by molar-refractivity contribution is 5.98. The first-order chi connectivity index (χ1) is 32.7. The van der Waals surface area contributed by atoms with Crippen LogP contribution in [0.2, 0.25) is 0 Å². The molecular formula is C65H45N. The van der Waals surface area contributed by atoms with E-state index in [1.165, 1.54) is 88.7 Å². The molecular weight excluding hydrogens is 795 g/mol. The quantitative estimate of drug-likeness (QED) is 0.155. The van der Waals surface area contributed by atoms with Crippen LogP contribution >= 0.6 is 0 Å². The SMILES string of the molecule is c1ccc(-c2ccc(N(c3ccc(-c4ccc5ccccc5c4)cc3)c3ccc4c(c3)-c3ccccc3C(c3ccccc3)(c3ccccc3)c3ccccc3-c3ccccc3-4)cc2)cc1. The number of hydrogen-bond donors (Lipinski definition) is 0. The van der Waals surface area contributed by atoms with Crippen molar-refractivity contribution in [2.45, 2.75) is 5.41 Å². The fourth-order valence-electron chi connectivity index (χ4n) is 10.5. The van der Waals surface area contributed by atoms with Crippen molar-refractivity contribution in [1.82, 2.24) is 0 Å². The molecule has 0 bridgehead atoms. The molecule has 0 atom stereocenters. The maximum atomic E-state index is 2.43. The number of fused-ring (bicyclic) bond motifs is 8. The van der Waals surface area contributed by atoms with E-state index in [1.54, 1.807) is 0 Å². The molecule has 0 saturated carbocycles. The molecule has 1 aliphatic carbocycles. The summed E-state index contributed by atoms with van der Waals surface area (Å²) in [7, 11) is 0. The first kappa shape index (κ1) is 39.1. The molecule has 0 radical (unpaired) electrons. The number of rotatable bonds is 7. The Hall–Kier alpha value is -8.52. The van der Waals surface area contributed by atoms with E-state index in [9.17, 15) is 0 Å². The summed E-state index contributed by atoms with van der Waals surface area (Å²) in [4.78, 5) is 2.41. The Morgan fingerprint density at radius 3 is 1.21 bits per heavy atom. The van der Waals surface area contributed by atoms with E-state index in [0.717, 1.165) is 17.1 Å². The Morgan fingerprint density at radius 2 is 0.621 bits per heavy atom. The normalized spacial score (nSPS) is 12.4. The summed E-state index contributed by atoms with van der Waals surface area (Å²) in [5, 5.41) is 2.49. The van der Waals surface area contributed by atoms with Crippen molar-refractivity contribution in [3.63, 3.8) is 0 Å². The van der Waals surface area contributed by atoms with Crippen LogP contribution in [0.1, 0.15) is 22.3 Å². The maximum absolute atomic E-state index is 2.43. The molecule has 0 saturated heterocycles. The topological polar surface area (TPSA) is 3.24 Å². The Kier molecular flexibility index (Phi) is 9.81. The molecule has 66 heavy (non-hydrogen) atoms. The number of benzene rings is 11. The summed E-state index contributed by atoms with van der Waals surface area (Å²) in [6.07, 6.45) is 0. The minimum Gasteiger partial charge on any atom is -0.310 e. The third kappa shape index (κ3) is 6.64. The highest BCUT2D eigenvalue weighted by atomic mass is 15.1. The second-order valence-electron chi connectivity index (χ2n) is 17.2. The molecule has 0 aliphatic heterocycles. The zero-order valence-electron chi connectivity index (χ0n) is 36.4. The second-order valence-corrected chi connectivity index (χ2v) is 17.2. The summed E-state index contributed by atoms with van der Waals surface area (Å²) in [5.41, 5.74) is 19.5. The van der Waals surface area contributed by atoms with Gasteiger partial charge in [0, 0.05) is 17.1 Å². The molecule has 310 valence electrons. The number of nitrogens with zero attached hydrogens (tertiary/aromatic N) is 1. The number of anilines is 3. The summed E-state index contributed by atoms with van der Waals surface area (Å²) in [6.45, 7) is 0. The van der Waals surface area contributed by atoms with Gasteiger partial charge in [-0.05, 0) is 131 Å². The molecule has 0 fully saturated rings. The van der Waals surface area contributed by atoms with E-state index >= 15 is 0 Å². The summed E-state index contributed by atoms with van der Waals surface area (Å²) >= 11 is 0. The number of hydrogen-bond acceptors (Lipinski definition) is 1. The van der Waals surface area contributed by atoms with Gasteiger partial charge in [0.15, 0.2) is 0 Å². The van der Waals surface area contributed by atoms with Crippen LogP contribution in [-0.2, 0) is 5.41 Å². The van der Waals surface area contributed by atoms with E-state index < -0.39 is 5.41 Å². The van der Waals surface area contributed by atoms with Crippen LogP contribution in [0.3, 0.4) is 0 Å². The fourth-order valence-corrected chi connectivity index (χ4v) is 10.5. The van der Waals surface area contributed by atoms with E-state index in [4.69, 9.17) is 0 Å². The largest absolute Gasteiger partial charge is 0.310 e. The molecule has 1 heteroatoms. The standard InChI is InChI=1S/C65H45N/c1-4-18-46(19-5-1)48-34-38-54(39-35-48)66(55-40-36-49(37-41-55)51-33-32-47-20-10-11-21-50(47)44-51)56-42-43-59-57-26-12-13-27-58(57)60-28-14-16-30-63(60)65(52-22-6-2-7-23-52,53-24-8-3-9-25-53)64-31-17-15-29-61(64)62(59)45-56/h1-45H. The van der Waals surface area contributed by atoms with Gasteiger partial charge in [-0.1, -0.05) is 231 Å². The van der Waals surface area contributed by atoms with Gasteiger partial charge in [0.05, 0.1) is 5.41 Å². The van der Waals surface area contributed by atoms with Crippen molar-refractivity contribution >= 4 is 27.8 Å².